The first-order valence-corrected chi connectivity index (χ1v) is 7.71. The molecule has 0 atom stereocenters. The zero-order valence-electron chi connectivity index (χ0n) is 7.86. The topological polar surface area (TPSA) is 3.24 Å². The van der Waals surface area contributed by atoms with Crippen LogP contribution in [0.4, 0.5) is 0 Å². The minimum absolute atomic E-state index is 1.02. The zero-order valence-corrected chi connectivity index (χ0v) is 10.1. The quantitative estimate of drug-likeness (QED) is 0.458. The van der Waals surface area contributed by atoms with Gasteiger partial charge in [-0.3, -0.25) is 0 Å². The summed E-state index contributed by atoms with van der Waals surface area (Å²) in [6, 6.07) is 0. The van der Waals surface area contributed by atoms with Crippen molar-refractivity contribution in [2.75, 3.05) is 14.1 Å². The molecule has 0 bridgehead atoms. The Hall–Kier alpha value is 0.139. The van der Waals surface area contributed by atoms with Gasteiger partial charge in [0.2, 0.25) is 0 Å². The third-order valence-corrected chi connectivity index (χ3v) is 2.56. The summed E-state index contributed by atoms with van der Waals surface area (Å²) in [5.74, 6) is 3.12. The van der Waals surface area contributed by atoms with Crippen molar-refractivity contribution in [3.05, 3.63) is 0 Å². The van der Waals surface area contributed by atoms with E-state index in [0.29, 0.717) is 0 Å². The van der Waals surface area contributed by atoms with Gasteiger partial charge < -0.3 is 0 Å². The summed E-state index contributed by atoms with van der Waals surface area (Å²) in [4.78, 5) is 1.99. The Kier molecular flexibility index (Phi) is 4.29. The van der Waals surface area contributed by atoms with E-state index in [2.05, 4.69) is 47.0 Å². The fourth-order valence-electron chi connectivity index (χ4n) is 0.353. The molecule has 0 saturated carbocycles. The summed E-state index contributed by atoms with van der Waals surface area (Å²) in [5.41, 5.74) is 3.28. The van der Waals surface area contributed by atoms with E-state index >= 15 is 0 Å². The van der Waals surface area contributed by atoms with Crippen LogP contribution < -0.4 is 0 Å². The van der Waals surface area contributed by atoms with Crippen LogP contribution in [0.5, 0.6) is 0 Å². The van der Waals surface area contributed by atoms with Crippen molar-refractivity contribution >= 4 is 12.6 Å². The van der Waals surface area contributed by atoms with E-state index in [1.165, 1.54) is 0 Å². The van der Waals surface area contributed by atoms with Crippen molar-refractivity contribution in [1.29, 1.82) is 0 Å². The van der Waals surface area contributed by atoms with Crippen LogP contribution in [0.1, 0.15) is 0 Å². The van der Waals surface area contributed by atoms with Crippen LogP contribution in [0.15, 0.2) is 0 Å². The molecule has 62 valence electrons. The molecule has 0 radical (unpaired) electrons. The maximum absolute atomic E-state index is 3.28. The van der Waals surface area contributed by atoms with Crippen LogP contribution in [0.25, 0.3) is 0 Å². The summed E-state index contributed by atoms with van der Waals surface area (Å²) >= 11 is 2.94. The summed E-state index contributed by atoms with van der Waals surface area (Å²) in [5, 5.41) is 0. The van der Waals surface area contributed by atoms with Gasteiger partial charge in [-0.25, -0.2) is 0 Å². The van der Waals surface area contributed by atoms with Crippen LogP contribution >= 0.6 is 0 Å². The number of hydrogen-bond acceptors (Lipinski definition) is 1. The molecule has 1 nitrogen and oxygen atoms in total. The van der Waals surface area contributed by atoms with E-state index in [4.69, 9.17) is 0 Å². The van der Waals surface area contributed by atoms with Gasteiger partial charge in [0, 0.05) is 0 Å². The van der Waals surface area contributed by atoms with Gasteiger partial charge in [0.1, 0.15) is 0 Å². The van der Waals surface area contributed by atoms with Crippen molar-refractivity contribution < 1.29 is 15.9 Å². The van der Waals surface area contributed by atoms with Crippen LogP contribution in [0.3, 0.4) is 0 Å². The second-order valence-electron chi connectivity index (χ2n) is 3.70. The van der Waals surface area contributed by atoms with Crippen LogP contribution in [-0.4, -0.2) is 31.6 Å². The van der Waals surface area contributed by atoms with Crippen molar-refractivity contribution in [1.82, 2.24) is 4.90 Å². The van der Waals surface area contributed by atoms with E-state index in [1.807, 2.05) is 19.0 Å². The molecule has 0 aliphatic rings. The molecule has 0 N–H and O–H groups in total. The molecule has 0 rings (SSSR count). The average Bonchev–Trinajstić information content (AvgIpc) is 1.80. The van der Waals surface area contributed by atoms with Crippen molar-refractivity contribution in [3.8, 4) is 11.5 Å². The van der Waals surface area contributed by atoms with Crippen molar-refractivity contribution in [3.63, 3.8) is 0 Å². The molecule has 0 aromatic heterocycles. The minimum atomic E-state index is -1.19. The summed E-state index contributed by atoms with van der Waals surface area (Å²) in [7, 11) is 2.79. The molecular formula is C8H15CrNSi. The van der Waals surface area contributed by atoms with E-state index in [-0.39, 0.29) is 0 Å². The molecule has 0 spiro atoms. The molecule has 0 aromatic rings. The standard InChI is InChI=1S/C8H15NSi.Cr/c1-9(2)7-6-8-10(3,4)5;/h1-5H3;. The van der Waals surface area contributed by atoms with Crippen LogP contribution in [0, 0.1) is 11.5 Å². The van der Waals surface area contributed by atoms with Crippen molar-refractivity contribution in [2.24, 2.45) is 0 Å². The molecule has 0 aliphatic heterocycles. The van der Waals surface area contributed by atoms with Gasteiger partial charge in [0.25, 0.3) is 0 Å². The zero-order chi connectivity index (χ0) is 9.07. The normalized spacial score (nSPS) is 10.7. The SMILES string of the molecule is CN(C)[C](=[Cr])C#C[Si](C)(C)C. The Balaban J connectivity index is 4.20. The molecular weight excluding hydrogens is 190 g/mol. The fourth-order valence-corrected chi connectivity index (χ4v) is 1.07. The van der Waals surface area contributed by atoms with E-state index in [1.54, 1.807) is 0 Å². The first kappa shape index (κ1) is 11.1. The predicted octanol–water partition coefficient (Wildman–Crippen LogP) is 1.11. The molecule has 0 aliphatic carbocycles. The molecule has 0 unspecified atom stereocenters. The summed E-state index contributed by atoms with van der Waals surface area (Å²) in [6.07, 6.45) is 0. The molecule has 3 heteroatoms. The van der Waals surface area contributed by atoms with Gasteiger partial charge in [0.05, 0.1) is 0 Å². The number of hydrogen-bond donors (Lipinski definition) is 0. The molecule has 0 fully saturated rings. The van der Waals surface area contributed by atoms with E-state index in [0.717, 1.165) is 4.50 Å². The molecule has 0 heterocycles. The van der Waals surface area contributed by atoms with Gasteiger partial charge in [-0.2, -0.15) is 0 Å². The second-order valence-corrected chi connectivity index (χ2v) is 9.05. The van der Waals surface area contributed by atoms with Gasteiger partial charge in [-0.05, 0) is 0 Å². The summed E-state index contributed by atoms with van der Waals surface area (Å²) < 4.78 is 1.02. The third kappa shape index (κ3) is 6.53. The second kappa shape index (κ2) is 4.24. The molecule has 11 heavy (non-hydrogen) atoms. The Morgan fingerprint density at radius 2 is 1.73 bits per heavy atom. The number of nitrogens with zero attached hydrogens (tertiary/aromatic N) is 1. The monoisotopic (exact) mass is 205 g/mol. The van der Waals surface area contributed by atoms with Gasteiger partial charge in [-0.15, -0.1) is 0 Å². The van der Waals surface area contributed by atoms with Gasteiger partial charge in [-0.1, -0.05) is 0 Å². The Labute approximate surface area is 78.8 Å². The molecule has 0 amide bonds. The Morgan fingerprint density at radius 1 is 1.27 bits per heavy atom. The molecule has 0 aromatic carbocycles. The summed E-state index contributed by atoms with van der Waals surface area (Å²) in [6.45, 7) is 6.72. The third-order valence-electron chi connectivity index (χ3n) is 0.951. The van der Waals surface area contributed by atoms with E-state index < -0.39 is 8.07 Å². The van der Waals surface area contributed by atoms with Gasteiger partial charge in [0.15, 0.2) is 0 Å². The predicted molar refractivity (Wildman–Crippen MR) is 49.8 cm³/mol. The Bertz CT molecular complexity index is 204. The van der Waals surface area contributed by atoms with Crippen LogP contribution in [-0.2, 0) is 15.9 Å². The number of rotatable bonds is 1. The Morgan fingerprint density at radius 3 is 2.00 bits per heavy atom. The molecule has 0 saturated heterocycles. The maximum atomic E-state index is 3.28. The van der Waals surface area contributed by atoms with Crippen molar-refractivity contribution in [2.45, 2.75) is 19.6 Å². The van der Waals surface area contributed by atoms with Gasteiger partial charge >= 0.3 is 78.5 Å². The van der Waals surface area contributed by atoms with Crippen LogP contribution in [0.2, 0.25) is 19.6 Å². The first-order valence-electron chi connectivity index (χ1n) is 3.57. The van der Waals surface area contributed by atoms with E-state index in [9.17, 15) is 0 Å². The fraction of sp³-hybridized carbons (Fsp3) is 0.625. The average molecular weight is 205 g/mol. The first-order chi connectivity index (χ1) is 4.83.